The molecule has 0 unspecified atom stereocenters. The van der Waals surface area contributed by atoms with Crippen molar-refractivity contribution in [1.82, 2.24) is 24.6 Å². The van der Waals surface area contributed by atoms with Gasteiger partial charge in [-0.05, 0) is 54.0 Å². The molecule has 194 valence electrons. The lowest BCUT2D eigenvalue weighted by Crippen LogP contribution is -2.45. The number of pyridine rings is 1. The number of methoxy groups -OCH3 is 1. The van der Waals surface area contributed by atoms with E-state index < -0.39 is 0 Å². The number of nitrogens with two attached hydrogens (primary N) is 2. The number of nitrogen functional groups attached to an aromatic ring is 1. The zero-order valence-corrected chi connectivity index (χ0v) is 22.5. The summed E-state index contributed by atoms with van der Waals surface area (Å²) in [6.45, 7) is 2.09. The maximum atomic E-state index is 6.89. The summed E-state index contributed by atoms with van der Waals surface area (Å²) in [4.78, 5) is 17.2. The van der Waals surface area contributed by atoms with E-state index in [4.69, 9.17) is 32.8 Å². The number of fused-ring (bicyclic) bond motifs is 2. The molecule has 1 aliphatic heterocycles. The minimum absolute atomic E-state index is 0.0144. The number of hydrogen-bond acceptors (Lipinski definition) is 9. The number of ether oxygens (including phenoxy) is 1. The van der Waals surface area contributed by atoms with E-state index in [-0.39, 0.29) is 11.5 Å². The van der Waals surface area contributed by atoms with E-state index in [1.807, 2.05) is 12.3 Å². The van der Waals surface area contributed by atoms with Crippen LogP contribution in [0.1, 0.15) is 35.6 Å². The SMILES string of the molecule is COCC#Cc1ccc2c(c1)[C@@H](N)C1(CCN(c3ncc(Sc4ccnc(N)c4Cl)c4ncnn34)CC1)C2. The third-order valence-corrected chi connectivity index (χ3v) is 9.11. The van der Waals surface area contributed by atoms with Crippen LogP contribution in [-0.2, 0) is 11.2 Å². The predicted molar refractivity (Wildman–Crippen MR) is 148 cm³/mol. The van der Waals surface area contributed by atoms with Crippen LogP contribution in [0.15, 0.2) is 52.8 Å². The number of piperidine rings is 1. The van der Waals surface area contributed by atoms with Gasteiger partial charge in [-0.25, -0.2) is 15.0 Å². The molecule has 1 aliphatic carbocycles. The molecule has 4 heterocycles. The molecule has 38 heavy (non-hydrogen) atoms. The average Bonchev–Trinajstić information content (AvgIpc) is 3.52. The first-order valence-electron chi connectivity index (χ1n) is 12.4. The van der Waals surface area contributed by atoms with Crippen molar-refractivity contribution in [2.45, 2.75) is 35.1 Å². The highest BCUT2D eigenvalue weighted by atomic mass is 35.5. The van der Waals surface area contributed by atoms with Crippen molar-refractivity contribution in [3.05, 3.63) is 64.7 Å². The molecule has 11 heteroatoms. The van der Waals surface area contributed by atoms with Gasteiger partial charge in [0.25, 0.3) is 0 Å². The maximum Gasteiger partial charge on any atom is 0.228 e. The van der Waals surface area contributed by atoms with E-state index in [0.717, 1.165) is 59.3 Å². The summed E-state index contributed by atoms with van der Waals surface area (Å²) in [5, 5.41) is 4.90. The highest BCUT2D eigenvalue weighted by molar-refractivity contribution is 7.99. The smallest absolute Gasteiger partial charge is 0.228 e. The highest BCUT2D eigenvalue weighted by Crippen LogP contribution is 2.51. The minimum atomic E-state index is -0.0144. The molecular weight excluding hydrogens is 520 g/mol. The normalized spacial score (nSPS) is 18.0. The zero-order valence-electron chi connectivity index (χ0n) is 20.9. The number of benzene rings is 1. The van der Waals surface area contributed by atoms with Crippen LogP contribution in [0.3, 0.4) is 0 Å². The Morgan fingerprint density at radius 1 is 1.18 bits per heavy atom. The molecule has 0 bridgehead atoms. The van der Waals surface area contributed by atoms with Crippen molar-refractivity contribution in [3.63, 3.8) is 0 Å². The van der Waals surface area contributed by atoms with Crippen LogP contribution in [0.25, 0.3) is 5.65 Å². The Bertz CT molecular complexity index is 1570. The molecule has 1 aromatic carbocycles. The molecule has 0 saturated carbocycles. The van der Waals surface area contributed by atoms with Gasteiger partial charge < -0.3 is 21.1 Å². The van der Waals surface area contributed by atoms with Crippen molar-refractivity contribution in [1.29, 1.82) is 0 Å². The summed E-state index contributed by atoms with van der Waals surface area (Å²) in [5.41, 5.74) is 17.1. The van der Waals surface area contributed by atoms with Gasteiger partial charge in [0.05, 0.1) is 9.92 Å². The first-order chi connectivity index (χ1) is 18.5. The second-order valence-corrected chi connectivity index (χ2v) is 11.1. The molecular formula is C27H27ClN8OS. The number of aromatic nitrogens is 5. The summed E-state index contributed by atoms with van der Waals surface area (Å²) in [6.07, 6.45) is 7.93. The number of rotatable bonds is 4. The van der Waals surface area contributed by atoms with Crippen molar-refractivity contribution in [2.75, 3.05) is 37.4 Å². The number of nitrogens with zero attached hydrogens (tertiary/aromatic N) is 6. The molecule has 6 rings (SSSR count). The number of hydrogen-bond donors (Lipinski definition) is 2. The average molecular weight is 547 g/mol. The predicted octanol–water partition coefficient (Wildman–Crippen LogP) is 3.75. The molecule has 1 saturated heterocycles. The Balaban J connectivity index is 1.20. The van der Waals surface area contributed by atoms with E-state index in [2.05, 4.69) is 50.0 Å². The van der Waals surface area contributed by atoms with Gasteiger partial charge in [-0.1, -0.05) is 41.3 Å². The van der Waals surface area contributed by atoms with Gasteiger partial charge in [0.1, 0.15) is 18.8 Å². The van der Waals surface area contributed by atoms with Gasteiger partial charge in [0.15, 0.2) is 5.65 Å². The van der Waals surface area contributed by atoms with Crippen molar-refractivity contribution in [3.8, 4) is 11.8 Å². The number of halogens is 1. The standard InChI is InChI=1S/C27H27ClN8OS/c1-37-12-2-3-17-4-5-18-14-27(23(29)19(18)13-17)7-10-35(11-8-27)26-32-15-21(25-33-16-34-36(25)26)38-20-6-9-31-24(30)22(20)28/h4-6,9,13,15-16,23H,7-8,10-12,14,29H2,1H3,(H2,30,31)/t23-/m1/s1. The monoisotopic (exact) mass is 546 g/mol. The Labute approximate surface area is 229 Å². The third-order valence-electron chi connectivity index (χ3n) is 7.53. The molecule has 4 N–H and O–H groups in total. The summed E-state index contributed by atoms with van der Waals surface area (Å²) in [6, 6.07) is 8.24. The van der Waals surface area contributed by atoms with Gasteiger partial charge in [-0.15, -0.1) is 0 Å². The summed E-state index contributed by atoms with van der Waals surface area (Å²) in [5.74, 6) is 7.28. The highest BCUT2D eigenvalue weighted by Gasteiger charge is 2.46. The first kappa shape index (κ1) is 24.9. The lowest BCUT2D eigenvalue weighted by Gasteiger charge is -2.42. The largest absolute Gasteiger partial charge is 0.382 e. The Kier molecular flexibility index (Phi) is 6.61. The van der Waals surface area contributed by atoms with E-state index in [1.54, 1.807) is 24.1 Å². The second-order valence-electron chi connectivity index (χ2n) is 9.68. The summed E-state index contributed by atoms with van der Waals surface area (Å²) in [7, 11) is 1.65. The topological polar surface area (TPSA) is 120 Å². The van der Waals surface area contributed by atoms with E-state index in [9.17, 15) is 0 Å². The molecule has 3 aromatic heterocycles. The fourth-order valence-electron chi connectivity index (χ4n) is 5.50. The van der Waals surface area contributed by atoms with Gasteiger partial charge in [0, 0.05) is 49.1 Å². The molecule has 2 aliphatic rings. The van der Waals surface area contributed by atoms with Gasteiger partial charge >= 0.3 is 0 Å². The van der Waals surface area contributed by atoms with Crippen LogP contribution in [0.4, 0.5) is 11.8 Å². The molecule has 0 radical (unpaired) electrons. The van der Waals surface area contributed by atoms with Crippen LogP contribution in [0.2, 0.25) is 5.02 Å². The van der Waals surface area contributed by atoms with Crippen LogP contribution < -0.4 is 16.4 Å². The van der Waals surface area contributed by atoms with Gasteiger partial charge in [0.2, 0.25) is 5.95 Å². The van der Waals surface area contributed by atoms with Crippen molar-refractivity contribution in [2.24, 2.45) is 11.1 Å². The fraction of sp³-hybridized carbons (Fsp3) is 0.333. The molecule has 9 nitrogen and oxygen atoms in total. The second kappa shape index (κ2) is 10.1. The minimum Gasteiger partial charge on any atom is -0.382 e. The lowest BCUT2D eigenvalue weighted by molar-refractivity contribution is 0.186. The summed E-state index contributed by atoms with van der Waals surface area (Å²) < 4.78 is 6.84. The van der Waals surface area contributed by atoms with Crippen LogP contribution in [0, 0.1) is 17.3 Å². The number of anilines is 2. The molecule has 4 aromatic rings. The van der Waals surface area contributed by atoms with Crippen LogP contribution in [-0.4, -0.2) is 51.4 Å². The van der Waals surface area contributed by atoms with E-state index in [1.165, 1.54) is 22.9 Å². The maximum absolute atomic E-state index is 6.89. The van der Waals surface area contributed by atoms with Crippen molar-refractivity contribution < 1.29 is 4.74 Å². The summed E-state index contributed by atoms with van der Waals surface area (Å²) >= 11 is 7.81. The Morgan fingerprint density at radius 3 is 2.84 bits per heavy atom. The van der Waals surface area contributed by atoms with Gasteiger partial charge in [-0.2, -0.15) is 9.61 Å². The first-order valence-corrected chi connectivity index (χ1v) is 13.6. The Hall–Kier alpha value is -3.36. The van der Waals surface area contributed by atoms with Gasteiger partial charge in [-0.3, -0.25) is 0 Å². The molecule has 1 spiro atoms. The zero-order chi connectivity index (χ0) is 26.3. The van der Waals surface area contributed by atoms with Crippen molar-refractivity contribution >= 4 is 40.8 Å². The van der Waals surface area contributed by atoms with E-state index in [0.29, 0.717) is 17.4 Å². The quantitative estimate of drug-likeness (QED) is 0.369. The third kappa shape index (κ3) is 4.35. The Morgan fingerprint density at radius 2 is 2.03 bits per heavy atom. The molecule has 1 fully saturated rings. The van der Waals surface area contributed by atoms with Crippen LogP contribution in [0.5, 0.6) is 0 Å². The van der Waals surface area contributed by atoms with E-state index >= 15 is 0 Å². The molecule has 1 atom stereocenters. The fourth-order valence-corrected chi connectivity index (χ4v) is 6.63. The molecule has 0 amide bonds. The van der Waals surface area contributed by atoms with Crippen LogP contribution >= 0.6 is 23.4 Å². The lowest BCUT2D eigenvalue weighted by atomic mass is 9.73.